The summed E-state index contributed by atoms with van der Waals surface area (Å²) in [7, 11) is 1.90. The quantitative estimate of drug-likeness (QED) is 0.764. The molecule has 1 heterocycles. The Hall–Kier alpha value is -1.39. The van der Waals surface area contributed by atoms with Crippen LogP contribution in [0.5, 0.6) is 0 Å². The summed E-state index contributed by atoms with van der Waals surface area (Å²) in [4.78, 5) is 0. The maximum absolute atomic E-state index is 9.51. The van der Waals surface area contributed by atoms with E-state index in [0.717, 1.165) is 16.6 Å². The summed E-state index contributed by atoms with van der Waals surface area (Å²) in [6.07, 6.45) is 0.000932. The first-order valence-electron chi connectivity index (χ1n) is 5.01. The minimum absolute atomic E-state index is 0.269. The van der Waals surface area contributed by atoms with Crippen molar-refractivity contribution in [2.24, 2.45) is 12.8 Å². The van der Waals surface area contributed by atoms with Gasteiger partial charge in [-0.1, -0.05) is 18.2 Å². The smallest absolute Gasteiger partial charge is 0.0729 e. The van der Waals surface area contributed by atoms with Crippen molar-refractivity contribution < 1.29 is 5.11 Å². The van der Waals surface area contributed by atoms with Crippen LogP contribution in [0.4, 0.5) is 0 Å². The Morgan fingerprint density at radius 3 is 2.93 bits per heavy atom. The summed E-state index contributed by atoms with van der Waals surface area (Å²) in [6.45, 7) is 0.269. The Bertz CT molecular complexity index is 464. The minimum atomic E-state index is -0.511. The van der Waals surface area contributed by atoms with Gasteiger partial charge in [0, 0.05) is 25.4 Å². The lowest BCUT2D eigenvalue weighted by Gasteiger charge is -2.04. The third-order valence-electron chi connectivity index (χ3n) is 2.54. The van der Waals surface area contributed by atoms with Crippen LogP contribution in [0.2, 0.25) is 0 Å². The molecule has 0 saturated carbocycles. The zero-order chi connectivity index (χ0) is 10.8. The molecule has 1 unspecified atom stereocenters. The molecule has 0 bridgehead atoms. The van der Waals surface area contributed by atoms with Gasteiger partial charge in [-0.05, 0) is 6.07 Å². The predicted octanol–water partition coefficient (Wildman–Crippen LogP) is 0.435. The lowest BCUT2D eigenvalue weighted by atomic mass is 10.1. The van der Waals surface area contributed by atoms with Gasteiger partial charge >= 0.3 is 0 Å². The minimum Gasteiger partial charge on any atom is -0.391 e. The molecule has 0 amide bonds. The molecule has 80 valence electrons. The number of hydrogen-bond donors (Lipinski definition) is 2. The lowest BCUT2D eigenvalue weighted by molar-refractivity contribution is 0.182. The number of aliphatic hydroxyl groups excluding tert-OH is 1. The average Bonchev–Trinajstić information content (AvgIpc) is 2.57. The number of hydrogen-bond acceptors (Lipinski definition) is 3. The molecule has 4 heteroatoms. The van der Waals surface area contributed by atoms with Gasteiger partial charge in [-0.25, -0.2) is 0 Å². The molecule has 0 fully saturated rings. The van der Waals surface area contributed by atoms with Crippen molar-refractivity contribution in [1.82, 2.24) is 9.78 Å². The van der Waals surface area contributed by atoms with Crippen molar-refractivity contribution in [3.8, 4) is 0 Å². The van der Waals surface area contributed by atoms with E-state index in [9.17, 15) is 5.11 Å². The second kappa shape index (κ2) is 4.00. The van der Waals surface area contributed by atoms with Gasteiger partial charge in [-0.2, -0.15) is 5.10 Å². The number of para-hydroxylation sites is 1. The molecule has 0 aliphatic heterocycles. The van der Waals surface area contributed by atoms with E-state index in [1.165, 1.54) is 0 Å². The van der Waals surface area contributed by atoms with Crippen LogP contribution in [0.1, 0.15) is 5.69 Å². The zero-order valence-corrected chi connectivity index (χ0v) is 8.72. The van der Waals surface area contributed by atoms with Crippen molar-refractivity contribution in [3.05, 3.63) is 30.0 Å². The second-order valence-electron chi connectivity index (χ2n) is 3.68. The highest BCUT2D eigenvalue weighted by Gasteiger charge is 2.11. The molecule has 0 radical (unpaired) electrons. The Morgan fingerprint density at radius 2 is 2.20 bits per heavy atom. The highest BCUT2D eigenvalue weighted by Crippen LogP contribution is 2.18. The van der Waals surface area contributed by atoms with Crippen molar-refractivity contribution in [2.45, 2.75) is 12.5 Å². The Labute approximate surface area is 88.3 Å². The number of aryl methyl sites for hydroxylation is 1. The van der Waals surface area contributed by atoms with Gasteiger partial charge in [-0.15, -0.1) is 0 Å². The molecule has 1 atom stereocenters. The number of fused-ring (bicyclic) bond motifs is 1. The lowest BCUT2D eigenvalue weighted by Crippen LogP contribution is -2.22. The summed E-state index contributed by atoms with van der Waals surface area (Å²) in [6, 6.07) is 7.98. The van der Waals surface area contributed by atoms with Crippen LogP contribution in [0, 0.1) is 0 Å². The molecular formula is C11H15N3O. The van der Waals surface area contributed by atoms with Crippen LogP contribution >= 0.6 is 0 Å². The van der Waals surface area contributed by atoms with Gasteiger partial charge in [0.05, 0.1) is 17.3 Å². The van der Waals surface area contributed by atoms with E-state index >= 15 is 0 Å². The number of rotatable bonds is 3. The van der Waals surface area contributed by atoms with E-state index in [-0.39, 0.29) is 6.54 Å². The summed E-state index contributed by atoms with van der Waals surface area (Å²) in [5.41, 5.74) is 7.37. The summed E-state index contributed by atoms with van der Waals surface area (Å²) >= 11 is 0. The van der Waals surface area contributed by atoms with Crippen LogP contribution in [0.3, 0.4) is 0 Å². The largest absolute Gasteiger partial charge is 0.391 e. The second-order valence-corrected chi connectivity index (χ2v) is 3.68. The molecule has 3 N–H and O–H groups in total. The first-order chi connectivity index (χ1) is 7.22. The SMILES string of the molecule is Cn1nc(CC(O)CN)c2ccccc21. The molecule has 2 aromatic rings. The molecule has 2 rings (SSSR count). The van der Waals surface area contributed by atoms with E-state index in [1.54, 1.807) is 0 Å². The molecular weight excluding hydrogens is 190 g/mol. The zero-order valence-electron chi connectivity index (χ0n) is 8.72. The van der Waals surface area contributed by atoms with Crippen LogP contribution in [-0.2, 0) is 13.5 Å². The number of benzene rings is 1. The fourth-order valence-corrected chi connectivity index (χ4v) is 1.75. The number of aliphatic hydroxyl groups is 1. The van der Waals surface area contributed by atoms with E-state index in [2.05, 4.69) is 5.10 Å². The Balaban J connectivity index is 2.43. The third kappa shape index (κ3) is 1.86. The molecule has 15 heavy (non-hydrogen) atoms. The number of aromatic nitrogens is 2. The number of nitrogens with two attached hydrogens (primary N) is 1. The highest BCUT2D eigenvalue weighted by molar-refractivity contribution is 5.81. The molecule has 0 aliphatic carbocycles. The van der Waals surface area contributed by atoms with E-state index in [4.69, 9.17) is 5.73 Å². The van der Waals surface area contributed by atoms with Crippen LogP contribution < -0.4 is 5.73 Å². The highest BCUT2D eigenvalue weighted by atomic mass is 16.3. The van der Waals surface area contributed by atoms with Gasteiger partial charge in [-0.3, -0.25) is 4.68 Å². The standard InChI is InChI=1S/C11H15N3O/c1-14-11-5-3-2-4-9(11)10(13-14)6-8(15)7-12/h2-5,8,15H,6-7,12H2,1H3. The molecule has 1 aromatic heterocycles. The third-order valence-corrected chi connectivity index (χ3v) is 2.54. The van der Waals surface area contributed by atoms with Gasteiger partial charge in [0.25, 0.3) is 0 Å². The predicted molar refractivity (Wildman–Crippen MR) is 59.5 cm³/mol. The van der Waals surface area contributed by atoms with E-state index < -0.39 is 6.10 Å². The maximum atomic E-state index is 9.51. The Kier molecular flexibility index (Phi) is 2.70. The fraction of sp³-hybridized carbons (Fsp3) is 0.364. The molecule has 0 spiro atoms. The first kappa shape index (κ1) is 10.1. The normalized spacial score (nSPS) is 13.3. The molecule has 1 aromatic carbocycles. The van der Waals surface area contributed by atoms with Gasteiger partial charge in [0.2, 0.25) is 0 Å². The van der Waals surface area contributed by atoms with E-state index in [0.29, 0.717) is 6.42 Å². The van der Waals surface area contributed by atoms with Gasteiger partial charge in [0.1, 0.15) is 0 Å². The molecule has 0 aliphatic rings. The van der Waals surface area contributed by atoms with E-state index in [1.807, 2.05) is 36.0 Å². The van der Waals surface area contributed by atoms with Crippen molar-refractivity contribution >= 4 is 10.9 Å². The van der Waals surface area contributed by atoms with Crippen molar-refractivity contribution in [3.63, 3.8) is 0 Å². The Morgan fingerprint density at radius 1 is 1.47 bits per heavy atom. The molecule has 0 saturated heterocycles. The van der Waals surface area contributed by atoms with Crippen LogP contribution in [-0.4, -0.2) is 27.5 Å². The van der Waals surface area contributed by atoms with Crippen LogP contribution in [0.15, 0.2) is 24.3 Å². The van der Waals surface area contributed by atoms with Crippen molar-refractivity contribution in [1.29, 1.82) is 0 Å². The summed E-state index contributed by atoms with van der Waals surface area (Å²) < 4.78 is 1.83. The van der Waals surface area contributed by atoms with Gasteiger partial charge < -0.3 is 10.8 Å². The van der Waals surface area contributed by atoms with Gasteiger partial charge in [0.15, 0.2) is 0 Å². The number of nitrogens with zero attached hydrogens (tertiary/aromatic N) is 2. The van der Waals surface area contributed by atoms with Crippen LogP contribution in [0.25, 0.3) is 10.9 Å². The topological polar surface area (TPSA) is 64.1 Å². The fourth-order valence-electron chi connectivity index (χ4n) is 1.75. The summed E-state index contributed by atoms with van der Waals surface area (Å²) in [5, 5.41) is 15.0. The van der Waals surface area contributed by atoms with Crippen molar-refractivity contribution in [2.75, 3.05) is 6.54 Å². The summed E-state index contributed by atoms with van der Waals surface area (Å²) in [5.74, 6) is 0. The molecule has 4 nitrogen and oxygen atoms in total. The first-order valence-corrected chi connectivity index (χ1v) is 5.01. The monoisotopic (exact) mass is 205 g/mol. The average molecular weight is 205 g/mol. The maximum Gasteiger partial charge on any atom is 0.0729 e.